The first-order valence-corrected chi connectivity index (χ1v) is 5.53. The SMILES string of the molecule is CCOc1ccc(-n2nccc2Br)cc1. The molecule has 1 heterocycles. The van der Waals surface area contributed by atoms with Crippen LogP contribution in [0.5, 0.6) is 5.75 Å². The van der Waals surface area contributed by atoms with Crippen molar-refractivity contribution >= 4 is 15.9 Å². The van der Waals surface area contributed by atoms with E-state index in [2.05, 4.69) is 21.0 Å². The van der Waals surface area contributed by atoms with Crippen molar-refractivity contribution in [3.63, 3.8) is 0 Å². The van der Waals surface area contributed by atoms with E-state index in [1.165, 1.54) is 0 Å². The Bertz CT molecular complexity index is 436. The maximum atomic E-state index is 5.37. The van der Waals surface area contributed by atoms with Crippen LogP contribution in [0.2, 0.25) is 0 Å². The zero-order valence-electron chi connectivity index (χ0n) is 8.35. The highest BCUT2D eigenvalue weighted by Crippen LogP contribution is 2.18. The van der Waals surface area contributed by atoms with E-state index in [0.29, 0.717) is 6.61 Å². The highest BCUT2D eigenvalue weighted by molar-refractivity contribution is 9.10. The van der Waals surface area contributed by atoms with Gasteiger partial charge in [-0.05, 0) is 53.2 Å². The van der Waals surface area contributed by atoms with Gasteiger partial charge in [0.2, 0.25) is 0 Å². The molecule has 0 atom stereocenters. The maximum absolute atomic E-state index is 5.37. The first-order valence-electron chi connectivity index (χ1n) is 4.74. The average molecular weight is 267 g/mol. The Hall–Kier alpha value is -1.29. The van der Waals surface area contributed by atoms with Crippen LogP contribution in [0.3, 0.4) is 0 Å². The van der Waals surface area contributed by atoms with E-state index in [0.717, 1.165) is 16.0 Å². The van der Waals surface area contributed by atoms with E-state index >= 15 is 0 Å². The van der Waals surface area contributed by atoms with Crippen LogP contribution >= 0.6 is 15.9 Å². The van der Waals surface area contributed by atoms with Crippen molar-refractivity contribution in [2.24, 2.45) is 0 Å². The summed E-state index contributed by atoms with van der Waals surface area (Å²) < 4.78 is 8.12. The predicted octanol–water partition coefficient (Wildman–Crippen LogP) is 3.03. The topological polar surface area (TPSA) is 27.1 Å². The molecular formula is C11H11BrN2O. The minimum Gasteiger partial charge on any atom is -0.494 e. The van der Waals surface area contributed by atoms with E-state index < -0.39 is 0 Å². The fourth-order valence-corrected chi connectivity index (χ4v) is 1.74. The number of nitrogens with zero attached hydrogens (tertiary/aromatic N) is 2. The van der Waals surface area contributed by atoms with Crippen LogP contribution in [0.15, 0.2) is 41.1 Å². The molecule has 0 unspecified atom stereocenters. The Morgan fingerprint density at radius 1 is 1.27 bits per heavy atom. The third-order valence-electron chi connectivity index (χ3n) is 1.99. The maximum Gasteiger partial charge on any atom is 0.119 e. The quantitative estimate of drug-likeness (QED) is 0.854. The van der Waals surface area contributed by atoms with Crippen molar-refractivity contribution < 1.29 is 4.74 Å². The molecule has 0 aliphatic carbocycles. The number of halogens is 1. The lowest BCUT2D eigenvalue weighted by Crippen LogP contribution is -1.97. The highest BCUT2D eigenvalue weighted by Gasteiger charge is 2.01. The molecule has 0 saturated carbocycles. The summed E-state index contributed by atoms with van der Waals surface area (Å²) in [7, 11) is 0. The van der Waals surface area contributed by atoms with Crippen LogP contribution in [0, 0.1) is 0 Å². The van der Waals surface area contributed by atoms with Gasteiger partial charge < -0.3 is 4.74 Å². The van der Waals surface area contributed by atoms with Crippen LogP contribution in [0.25, 0.3) is 5.69 Å². The molecule has 0 radical (unpaired) electrons. The van der Waals surface area contributed by atoms with E-state index in [9.17, 15) is 0 Å². The number of aromatic nitrogens is 2. The van der Waals surface area contributed by atoms with Crippen molar-refractivity contribution in [2.45, 2.75) is 6.92 Å². The van der Waals surface area contributed by atoms with Crippen LogP contribution in [-0.2, 0) is 0 Å². The molecule has 0 saturated heterocycles. The lowest BCUT2D eigenvalue weighted by molar-refractivity contribution is 0.340. The zero-order chi connectivity index (χ0) is 10.7. The van der Waals surface area contributed by atoms with Crippen molar-refractivity contribution in [3.05, 3.63) is 41.1 Å². The van der Waals surface area contributed by atoms with Crippen molar-refractivity contribution in [3.8, 4) is 11.4 Å². The molecule has 2 rings (SSSR count). The van der Waals surface area contributed by atoms with Gasteiger partial charge in [-0.15, -0.1) is 0 Å². The molecule has 1 aromatic carbocycles. The molecule has 0 aliphatic heterocycles. The molecule has 1 aromatic heterocycles. The van der Waals surface area contributed by atoms with Crippen LogP contribution < -0.4 is 4.74 Å². The second-order valence-electron chi connectivity index (χ2n) is 2.99. The summed E-state index contributed by atoms with van der Waals surface area (Å²) in [5.74, 6) is 0.879. The molecule has 0 spiro atoms. The number of hydrogen-bond donors (Lipinski definition) is 0. The molecule has 0 N–H and O–H groups in total. The summed E-state index contributed by atoms with van der Waals surface area (Å²) in [6, 6.07) is 9.72. The van der Waals surface area contributed by atoms with Gasteiger partial charge in [-0.1, -0.05) is 0 Å². The summed E-state index contributed by atoms with van der Waals surface area (Å²) in [6.45, 7) is 2.66. The highest BCUT2D eigenvalue weighted by atomic mass is 79.9. The minimum atomic E-state index is 0.685. The first-order chi connectivity index (χ1) is 7.31. The van der Waals surface area contributed by atoms with Crippen molar-refractivity contribution in [2.75, 3.05) is 6.61 Å². The molecular weight excluding hydrogens is 256 g/mol. The van der Waals surface area contributed by atoms with Gasteiger partial charge in [0.25, 0.3) is 0 Å². The molecule has 2 aromatic rings. The Morgan fingerprint density at radius 2 is 2.00 bits per heavy atom. The number of ether oxygens (including phenoxy) is 1. The largest absolute Gasteiger partial charge is 0.494 e. The second kappa shape index (κ2) is 4.49. The molecule has 0 bridgehead atoms. The monoisotopic (exact) mass is 266 g/mol. The van der Waals surface area contributed by atoms with Gasteiger partial charge in [0.15, 0.2) is 0 Å². The Morgan fingerprint density at radius 3 is 2.53 bits per heavy atom. The molecule has 15 heavy (non-hydrogen) atoms. The van der Waals surface area contributed by atoms with Gasteiger partial charge in [0.1, 0.15) is 10.4 Å². The van der Waals surface area contributed by atoms with Crippen molar-refractivity contribution in [1.82, 2.24) is 9.78 Å². The Kier molecular flexibility index (Phi) is 3.06. The molecule has 0 aliphatic rings. The Labute approximate surface area is 96.8 Å². The summed E-state index contributed by atoms with van der Waals surface area (Å²) in [5.41, 5.74) is 1.01. The third-order valence-corrected chi connectivity index (χ3v) is 2.59. The lowest BCUT2D eigenvalue weighted by Gasteiger charge is -2.05. The fourth-order valence-electron chi connectivity index (χ4n) is 1.33. The van der Waals surface area contributed by atoms with Gasteiger partial charge in [0.05, 0.1) is 18.5 Å². The summed E-state index contributed by atoms with van der Waals surface area (Å²) in [5, 5.41) is 4.19. The summed E-state index contributed by atoms with van der Waals surface area (Å²) in [4.78, 5) is 0. The third kappa shape index (κ3) is 2.21. The van der Waals surface area contributed by atoms with Gasteiger partial charge in [-0.25, -0.2) is 4.68 Å². The van der Waals surface area contributed by atoms with Gasteiger partial charge >= 0.3 is 0 Å². The predicted molar refractivity (Wildman–Crippen MR) is 62.4 cm³/mol. The molecule has 0 amide bonds. The molecule has 0 fully saturated rings. The average Bonchev–Trinajstić information content (AvgIpc) is 2.66. The summed E-state index contributed by atoms with van der Waals surface area (Å²) >= 11 is 3.42. The minimum absolute atomic E-state index is 0.685. The smallest absolute Gasteiger partial charge is 0.119 e. The standard InChI is InChI=1S/C11H11BrN2O/c1-2-15-10-5-3-9(4-6-10)14-11(12)7-8-13-14/h3-8H,2H2,1H3. The zero-order valence-corrected chi connectivity index (χ0v) is 9.94. The Balaban J connectivity index is 2.28. The first kappa shape index (κ1) is 10.2. The van der Waals surface area contributed by atoms with Crippen LogP contribution in [-0.4, -0.2) is 16.4 Å². The lowest BCUT2D eigenvalue weighted by atomic mass is 10.3. The van der Waals surface area contributed by atoms with E-state index in [4.69, 9.17) is 4.74 Å². The summed E-state index contributed by atoms with van der Waals surface area (Å²) in [6.07, 6.45) is 1.75. The van der Waals surface area contributed by atoms with E-state index in [1.807, 2.05) is 41.9 Å². The normalized spacial score (nSPS) is 10.3. The molecule has 4 heteroatoms. The van der Waals surface area contributed by atoms with E-state index in [-0.39, 0.29) is 0 Å². The van der Waals surface area contributed by atoms with Gasteiger partial charge in [-0.3, -0.25) is 0 Å². The van der Waals surface area contributed by atoms with Crippen LogP contribution in [0.1, 0.15) is 6.92 Å². The van der Waals surface area contributed by atoms with Crippen molar-refractivity contribution in [1.29, 1.82) is 0 Å². The van der Waals surface area contributed by atoms with Gasteiger partial charge in [-0.2, -0.15) is 5.10 Å². The fraction of sp³-hybridized carbons (Fsp3) is 0.182. The number of hydrogen-bond acceptors (Lipinski definition) is 2. The molecule has 78 valence electrons. The second-order valence-corrected chi connectivity index (χ2v) is 3.81. The molecule has 3 nitrogen and oxygen atoms in total. The van der Waals surface area contributed by atoms with Crippen LogP contribution in [0.4, 0.5) is 0 Å². The van der Waals surface area contributed by atoms with Gasteiger partial charge in [0, 0.05) is 0 Å². The number of benzene rings is 1. The van der Waals surface area contributed by atoms with E-state index in [1.54, 1.807) is 6.20 Å². The number of rotatable bonds is 3.